The zero-order chi connectivity index (χ0) is 15.1. The first-order valence-corrected chi connectivity index (χ1v) is 7.28. The molecule has 2 rings (SSSR count). The topological polar surface area (TPSA) is 61.8 Å². The number of esters is 1. The van der Waals surface area contributed by atoms with E-state index in [-0.39, 0.29) is 16.7 Å². The Morgan fingerprint density at radius 1 is 1.30 bits per heavy atom. The fourth-order valence-electron chi connectivity index (χ4n) is 1.96. The second-order valence-corrected chi connectivity index (χ2v) is 6.63. The van der Waals surface area contributed by atoms with Crippen LogP contribution in [0.1, 0.15) is 34.3 Å². The van der Waals surface area contributed by atoms with Gasteiger partial charge in [0.05, 0.1) is 5.56 Å². The molecule has 5 nitrogen and oxygen atoms in total. The number of alkyl halides is 2. The lowest BCUT2D eigenvalue weighted by atomic mass is 10.0. The average molecular weight is 306 g/mol. The summed E-state index contributed by atoms with van der Waals surface area (Å²) < 4.78 is 53.5. The summed E-state index contributed by atoms with van der Waals surface area (Å²) in [5.41, 5.74) is -0.142. The summed E-state index contributed by atoms with van der Waals surface area (Å²) in [6.45, 7) is 0.730. The number of cyclic esters (lactones) is 1. The predicted molar refractivity (Wildman–Crippen MR) is 65.8 cm³/mol. The smallest absolute Gasteiger partial charge is 0.375 e. The van der Waals surface area contributed by atoms with Gasteiger partial charge in [-0.05, 0) is 12.1 Å². The highest BCUT2D eigenvalue weighted by atomic mass is 31.2. The third-order valence-electron chi connectivity index (χ3n) is 3.06. The van der Waals surface area contributed by atoms with Crippen LogP contribution in [0.4, 0.5) is 8.78 Å². The van der Waals surface area contributed by atoms with E-state index in [9.17, 15) is 18.1 Å². The van der Waals surface area contributed by atoms with Crippen LogP contribution in [0.2, 0.25) is 0 Å². The van der Waals surface area contributed by atoms with Crippen molar-refractivity contribution in [3.05, 3.63) is 34.9 Å². The molecule has 0 saturated heterocycles. The number of benzene rings is 1. The van der Waals surface area contributed by atoms with Crippen LogP contribution in [-0.4, -0.2) is 20.2 Å². The van der Waals surface area contributed by atoms with Crippen molar-refractivity contribution >= 4 is 13.6 Å². The van der Waals surface area contributed by atoms with Gasteiger partial charge in [0.1, 0.15) is 0 Å². The number of fused-ring (bicyclic) bond motifs is 1. The normalized spacial score (nSPS) is 18.9. The molecule has 1 unspecified atom stereocenters. The van der Waals surface area contributed by atoms with Crippen molar-refractivity contribution in [2.75, 3.05) is 14.2 Å². The lowest BCUT2D eigenvalue weighted by molar-refractivity contribution is 0.0173. The highest BCUT2D eigenvalue weighted by molar-refractivity contribution is 7.54. The van der Waals surface area contributed by atoms with E-state index < -0.39 is 25.3 Å². The average Bonchev–Trinajstić information content (AvgIpc) is 2.74. The molecule has 1 aromatic rings. The Balaban J connectivity index is 2.56. The summed E-state index contributed by atoms with van der Waals surface area (Å²) in [6.07, 6.45) is 0. The zero-order valence-corrected chi connectivity index (χ0v) is 11.9. The van der Waals surface area contributed by atoms with Crippen molar-refractivity contribution in [3.8, 4) is 0 Å². The molecule has 0 N–H and O–H groups in total. The Morgan fingerprint density at radius 2 is 1.90 bits per heavy atom. The molecule has 1 aliphatic rings. The Kier molecular flexibility index (Phi) is 3.71. The Labute approximate surface area is 114 Å². The molecule has 0 saturated carbocycles. The number of carbonyl (C=O) groups is 1. The molecule has 110 valence electrons. The molecule has 0 bridgehead atoms. The van der Waals surface area contributed by atoms with Crippen molar-refractivity contribution in [1.29, 1.82) is 0 Å². The van der Waals surface area contributed by atoms with Crippen LogP contribution >= 0.6 is 7.60 Å². The van der Waals surface area contributed by atoms with Crippen LogP contribution in [-0.2, 0) is 24.3 Å². The molecular formula is C12H13F2O5P. The quantitative estimate of drug-likeness (QED) is 0.630. The molecule has 0 aliphatic carbocycles. The van der Waals surface area contributed by atoms with Gasteiger partial charge in [0.15, 0.2) is 0 Å². The Bertz CT molecular complexity index is 588. The number of hydrogen-bond acceptors (Lipinski definition) is 5. The van der Waals surface area contributed by atoms with Crippen molar-refractivity contribution in [2.24, 2.45) is 0 Å². The number of rotatable bonds is 4. The van der Waals surface area contributed by atoms with Crippen LogP contribution in [0.5, 0.6) is 0 Å². The van der Waals surface area contributed by atoms with Crippen LogP contribution in [0.15, 0.2) is 18.2 Å². The van der Waals surface area contributed by atoms with E-state index in [0.717, 1.165) is 33.3 Å². The highest BCUT2D eigenvalue weighted by Crippen LogP contribution is 2.63. The summed E-state index contributed by atoms with van der Waals surface area (Å²) in [6, 6.07) is 3.45. The van der Waals surface area contributed by atoms with Crippen LogP contribution in [0.3, 0.4) is 0 Å². The zero-order valence-electron chi connectivity index (χ0n) is 11.1. The summed E-state index contributed by atoms with van der Waals surface area (Å²) >= 11 is 0. The van der Waals surface area contributed by atoms with E-state index in [2.05, 4.69) is 0 Å². The van der Waals surface area contributed by atoms with E-state index in [0.29, 0.717) is 0 Å². The second-order valence-electron chi connectivity index (χ2n) is 4.35. The fraction of sp³-hybridized carbons (Fsp3) is 0.417. The maximum absolute atomic E-state index is 13.4. The second kappa shape index (κ2) is 4.91. The SMILES string of the molecule is COP(=O)(OC)C1OC(=O)c2ccc(C(C)(F)F)cc21. The van der Waals surface area contributed by atoms with Crippen LogP contribution < -0.4 is 0 Å². The van der Waals surface area contributed by atoms with Crippen LogP contribution in [0.25, 0.3) is 0 Å². The summed E-state index contributed by atoms with van der Waals surface area (Å²) in [5, 5.41) is 0. The minimum Gasteiger partial charge on any atom is -0.441 e. The van der Waals surface area contributed by atoms with Crippen molar-refractivity contribution in [2.45, 2.75) is 18.7 Å². The molecule has 0 aromatic heterocycles. The molecule has 0 amide bonds. The molecule has 0 fully saturated rings. The maximum atomic E-state index is 13.4. The minimum atomic E-state index is -3.76. The monoisotopic (exact) mass is 306 g/mol. The third-order valence-corrected chi connectivity index (χ3v) is 5.04. The van der Waals surface area contributed by atoms with E-state index >= 15 is 0 Å². The van der Waals surface area contributed by atoms with Gasteiger partial charge < -0.3 is 13.8 Å². The van der Waals surface area contributed by atoms with Gasteiger partial charge in [-0.25, -0.2) is 13.6 Å². The maximum Gasteiger partial charge on any atom is 0.375 e. The first kappa shape index (κ1) is 15.1. The van der Waals surface area contributed by atoms with E-state index in [1.807, 2.05) is 0 Å². The van der Waals surface area contributed by atoms with Gasteiger partial charge >= 0.3 is 13.6 Å². The van der Waals surface area contributed by atoms with Crippen LogP contribution in [0, 0.1) is 0 Å². The van der Waals surface area contributed by atoms with Gasteiger partial charge in [-0.2, -0.15) is 0 Å². The summed E-state index contributed by atoms with van der Waals surface area (Å²) in [7, 11) is -1.49. The van der Waals surface area contributed by atoms with E-state index in [1.54, 1.807) is 0 Å². The van der Waals surface area contributed by atoms with Gasteiger partial charge in [0.25, 0.3) is 5.92 Å². The fourth-order valence-corrected chi connectivity index (χ4v) is 3.27. The number of halogens is 2. The molecular weight excluding hydrogens is 293 g/mol. The standard InChI is InChI=1S/C12H13F2O5P/c1-12(13,14)7-4-5-8-9(6-7)11(19-10(8)15)20(16,17-2)18-3/h4-6,11H,1-3H3. The largest absolute Gasteiger partial charge is 0.441 e. The predicted octanol–water partition coefficient (Wildman–Crippen LogP) is 3.45. The molecule has 1 atom stereocenters. The minimum absolute atomic E-state index is 0.0809. The Hall–Kier alpha value is -1.30. The van der Waals surface area contributed by atoms with Crippen molar-refractivity contribution in [3.63, 3.8) is 0 Å². The van der Waals surface area contributed by atoms with E-state index in [1.165, 1.54) is 6.07 Å². The summed E-state index contributed by atoms with van der Waals surface area (Å²) in [4.78, 5) is 11.7. The lowest BCUT2D eigenvalue weighted by Gasteiger charge is -2.20. The number of ether oxygens (including phenoxy) is 1. The third kappa shape index (κ3) is 2.37. The molecule has 20 heavy (non-hydrogen) atoms. The number of hydrogen-bond donors (Lipinski definition) is 0. The molecule has 1 heterocycles. The van der Waals surface area contributed by atoms with E-state index in [4.69, 9.17) is 13.8 Å². The van der Waals surface area contributed by atoms with Gasteiger partial charge in [-0.3, -0.25) is 4.57 Å². The van der Waals surface area contributed by atoms with Gasteiger partial charge in [0.2, 0.25) is 5.85 Å². The first-order chi connectivity index (χ1) is 9.23. The molecule has 1 aliphatic heterocycles. The van der Waals surface area contributed by atoms with Crippen molar-refractivity contribution in [1.82, 2.24) is 0 Å². The van der Waals surface area contributed by atoms with Gasteiger partial charge in [-0.15, -0.1) is 0 Å². The molecule has 0 radical (unpaired) electrons. The highest BCUT2D eigenvalue weighted by Gasteiger charge is 2.46. The first-order valence-electron chi connectivity index (χ1n) is 5.67. The van der Waals surface area contributed by atoms with Crippen molar-refractivity contribution < 1.29 is 31.9 Å². The van der Waals surface area contributed by atoms with Gasteiger partial charge in [-0.1, -0.05) is 6.07 Å². The number of carbonyl (C=O) groups excluding carboxylic acids is 1. The summed E-state index contributed by atoms with van der Waals surface area (Å²) in [5.74, 6) is -5.16. The van der Waals surface area contributed by atoms with Gasteiger partial charge in [0, 0.05) is 32.3 Å². The lowest BCUT2D eigenvalue weighted by Crippen LogP contribution is -2.09. The molecule has 0 spiro atoms. The Morgan fingerprint density at radius 3 is 2.40 bits per heavy atom. The molecule has 1 aromatic carbocycles. The molecule has 8 heteroatoms.